The number of nitrogens with zero attached hydrogens (tertiary/aromatic N) is 3. The molecular weight excluding hydrogens is 346 g/mol. The fourth-order valence-electron chi connectivity index (χ4n) is 2.08. The van der Waals surface area contributed by atoms with Crippen LogP contribution in [0.1, 0.15) is 17.6 Å². The van der Waals surface area contributed by atoms with E-state index in [-0.39, 0.29) is 16.4 Å². The number of anilines is 1. The number of aryl methyl sites for hydroxylation is 2. The van der Waals surface area contributed by atoms with Crippen molar-refractivity contribution in [2.24, 2.45) is 0 Å². The second kappa shape index (κ2) is 5.53. The summed E-state index contributed by atoms with van der Waals surface area (Å²) in [5.41, 5.74) is 0.200. The Morgan fingerprint density at radius 2 is 2.04 bits per heavy atom. The lowest BCUT2D eigenvalue weighted by Gasteiger charge is -2.08. The highest BCUT2D eigenvalue weighted by molar-refractivity contribution is 7.92. The number of rotatable bonds is 4. The summed E-state index contributed by atoms with van der Waals surface area (Å²) in [6.45, 7) is 3.45. The number of halogens is 2. The number of benzene rings is 1. The minimum absolute atomic E-state index is 0.0794. The standard InChI is InChI=1S/C13H12F2N4O2S2/c1-3-11-17-19-12(7(2)16-13(19)22-11)23(20,21)18-8-4-5-9(14)10(15)6-8/h4-6,18H,3H2,1-2H3. The fraction of sp³-hybridized carbons (Fsp3) is 0.231. The van der Waals surface area contributed by atoms with Crippen LogP contribution in [0, 0.1) is 18.6 Å². The van der Waals surface area contributed by atoms with Crippen molar-refractivity contribution in [3.05, 3.63) is 40.5 Å². The molecule has 0 amide bonds. The van der Waals surface area contributed by atoms with Gasteiger partial charge in [-0.1, -0.05) is 18.3 Å². The average molecular weight is 358 g/mol. The van der Waals surface area contributed by atoms with E-state index in [9.17, 15) is 17.2 Å². The van der Waals surface area contributed by atoms with Gasteiger partial charge in [0.1, 0.15) is 5.01 Å². The van der Waals surface area contributed by atoms with Crippen LogP contribution in [-0.2, 0) is 16.4 Å². The molecule has 2 aromatic heterocycles. The Morgan fingerprint density at radius 3 is 2.70 bits per heavy atom. The van der Waals surface area contributed by atoms with Crippen molar-refractivity contribution in [2.75, 3.05) is 4.72 Å². The molecule has 1 aromatic carbocycles. The molecule has 0 fully saturated rings. The summed E-state index contributed by atoms with van der Waals surface area (Å²) in [4.78, 5) is 4.65. The summed E-state index contributed by atoms with van der Waals surface area (Å²) in [6.07, 6.45) is 0.656. The fourth-order valence-corrected chi connectivity index (χ4v) is 4.34. The largest absolute Gasteiger partial charge is 0.281 e. The topological polar surface area (TPSA) is 76.4 Å². The van der Waals surface area contributed by atoms with E-state index < -0.39 is 21.7 Å². The van der Waals surface area contributed by atoms with Gasteiger partial charge >= 0.3 is 0 Å². The molecule has 0 radical (unpaired) electrons. The van der Waals surface area contributed by atoms with Gasteiger partial charge in [-0.25, -0.2) is 13.8 Å². The molecule has 0 saturated heterocycles. The zero-order valence-electron chi connectivity index (χ0n) is 12.2. The van der Waals surface area contributed by atoms with Crippen LogP contribution < -0.4 is 4.72 Å². The summed E-state index contributed by atoms with van der Waals surface area (Å²) >= 11 is 1.30. The molecule has 1 N–H and O–H groups in total. The first-order chi connectivity index (χ1) is 10.8. The molecule has 122 valence electrons. The Kier molecular flexibility index (Phi) is 3.80. The SMILES string of the molecule is CCc1nn2c(S(=O)(=O)Nc3ccc(F)c(F)c3)c(C)nc2s1. The van der Waals surface area contributed by atoms with E-state index >= 15 is 0 Å². The van der Waals surface area contributed by atoms with Gasteiger partial charge in [-0.15, -0.1) is 0 Å². The molecule has 0 aliphatic carbocycles. The number of hydrogen-bond acceptors (Lipinski definition) is 5. The van der Waals surface area contributed by atoms with Crippen LogP contribution in [0.25, 0.3) is 4.96 Å². The molecular formula is C13H12F2N4O2S2. The van der Waals surface area contributed by atoms with Gasteiger partial charge in [-0.05, 0) is 25.5 Å². The van der Waals surface area contributed by atoms with E-state index in [2.05, 4.69) is 14.8 Å². The number of aromatic nitrogens is 3. The molecule has 10 heteroatoms. The highest BCUT2D eigenvalue weighted by Crippen LogP contribution is 2.24. The second-order valence-corrected chi connectivity index (χ2v) is 7.42. The lowest BCUT2D eigenvalue weighted by atomic mass is 10.3. The summed E-state index contributed by atoms with van der Waals surface area (Å²) in [7, 11) is -4.05. The maximum Gasteiger partial charge on any atom is 0.281 e. The molecule has 6 nitrogen and oxygen atoms in total. The van der Waals surface area contributed by atoms with Crippen molar-refractivity contribution >= 4 is 32.0 Å². The molecule has 0 aliphatic heterocycles. The molecule has 0 aliphatic rings. The third-order valence-corrected chi connectivity index (χ3v) is 5.63. The van der Waals surface area contributed by atoms with Crippen LogP contribution in [0.15, 0.2) is 23.2 Å². The molecule has 23 heavy (non-hydrogen) atoms. The highest BCUT2D eigenvalue weighted by atomic mass is 32.2. The summed E-state index contributed by atoms with van der Waals surface area (Å²) < 4.78 is 54.8. The van der Waals surface area contributed by atoms with Gasteiger partial charge in [0.15, 0.2) is 11.6 Å². The minimum atomic E-state index is -4.05. The third-order valence-electron chi connectivity index (χ3n) is 3.10. The van der Waals surface area contributed by atoms with Crippen molar-refractivity contribution in [2.45, 2.75) is 25.3 Å². The monoisotopic (exact) mass is 358 g/mol. The van der Waals surface area contributed by atoms with Gasteiger partial charge in [-0.2, -0.15) is 18.0 Å². The summed E-state index contributed by atoms with van der Waals surface area (Å²) in [5.74, 6) is -2.19. The predicted molar refractivity (Wildman–Crippen MR) is 82.1 cm³/mol. The van der Waals surface area contributed by atoms with Crippen molar-refractivity contribution in [1.82, 2.24) is 14.6 Å². The van der Waals surface area contributed by atoms with Gasteiger partial charge in [-0.3, -0.25) is 4.72 Å². The van der Waals surface area contributed by atoms with Gasteiger partial charge in [0, 0.05) is 6.07 Å². The first-order valence-electron chi connectivity index (χ1n) is 6.64. The van der Waals surface area contributed by atoms with E-state index in [1.807, 2.05) is 6.92 Å². The van der Waals surface area contributed by atoms with Crippen LogP contribution >= 0.6 is 11.3 Å². The molecule has 0 atom stereocenters. The molecule has 0 bridgehead atoms. The number of imidazole rings is 1. The van der Waals surface area contributed by atoms with E-state index in [4.69, 9.17) is 0 Å². The Morgan fingerprint density at radius 1 is 1.30 bits per heavy atom. The molecule has 2 heterocycles. The van der Waals surface area contributed by atoms with E-state index in [1.165, 1.54) is 15.9 Å². The van der Waals surface area contributed by atoms with Crippen LogP contribution in [0.5, 0.6) is 0 Å². The first kappa shape index (κ1) is 15.8. The molecule has 3 aromatic rings. The van der Waals surface area contributed by atoms with Gasteiger partial charge in [0.25, 0.3) is 10.0 Å². The zero-order chi connectivity index (χ0) is 16.8. The maximum absolute atomic E-state index is 13.2. The van der Waals surface area contributed by atoms with Crippen molar-refractivity contribution in [3.8, 4) is 0 Å². The smallest absolute Gasteiger partial charge is 0.278 e. The second-order valence-electron chi connectivity index (χ2n) is 4.78. The van der Waals surface area contributed by atoms with E-state index in [0.717, 1.165) is 23.2 Å². The number of hydrogen-bond donors (Lipinski definition) is 1. The Labute approximate surface area is 134 Å². The average Bonchev–Trinajstić information content (AvgIpc) is 2.98. The number of sulfonamides is 1. The van der Waals surface area contributed by atoms with E-state index in [1.54, 1.807) is 6.92 Å². The number of nitrogens with one attached hydrogen (secondary N) is 1. The van der Waals surface area contributed by atoms with Crippen LogP contribution in [0.3, 0.4) is 0 Å². The normalized spacial score (nSPS) is 12.0. The zero-order valence-corrected chi connectivity index (χ0v) is 13.8. The summed E-state index contributed by atoms with van der Waals surface area (Å²) in [6, 6.07) is 2.77. The first-order valence-corrected chi connectivity index (χ1v) is 8.94. The van der Waals surface area contributed by atoms with Gasteiger partial charge < -0.3 is 0 Å². The molecule has 0 unspecified atom stereocenters. The van der Waals surface area contributed by atoms with Crippen LogP contribution in [0.2, 0.25) is 0 Å². The number of fused-ring (bicyclic) bond motifs is 1. The Balaban J connectivity index is 2.06. The van der Waals surface area contributed by atoms with Crippen molar-refractivity contribution in [3.63, 3.8) is 0 Å². The highest BCUT2D eigenvalue weighted by Gasteiger charge is 2.26. The Hall–Kier alpha value is -2.07. The third kappa shape index (κ3) is 2.79. The van der Waals surface area contributed by atoms with Crippen LogP contribution in [0.4, 0.5) is 14.5 Å². The Bertz CT molecular complexity index is 995. The van der Waals surface area contributed by atoms with Crippen molar-refractivity contribution in [1.29, 1.82) is 0 Å². The molecule has 0 spiro atoms. The van der Waals surface area contributed by atoms with Gasteiger partial charge in [0.2, 0.25) is 9.99 Å². The minimum Gasteiger partial charge on any atom is -0.278 e. The molecule has 0 saturated carbocycles. The quantitative estimate of drug-likeness (QED) is 0.778. The van der Waals surface area contributed by atoms with E-state index in [0.29, 0.717) is 11.4 Å². The predicted octanol–water partition coefficient (Wildman–Crippen LogP) is 2.74. The lowest BCUT2D eigenvalue weighted by Crippen LogP contribution is -2.17. The molecule has 3 rings (SSSR count). The van der Waals surface area contributed by atoms with Gasteiger partial charge in [0.05, 0.1) is 11.4 Å². The summed E-state index contributed by atoms with van der Waals surface area (Å²) in [5, 5.41) is 4.84. The van der Waals surface area contributed by atoms with Crippen molar-refractivity contribution < 1.29 is 17.2 Å². The maximum atomic E-state index is 13.2. The lowest BCUT2D eigenvalue weighted by molar-refractivity contribution is 0.509. The van der Waals surface area contributed by atoms with Crippen LogP contribution in [-0.4, -0.2) is 23.0 Å².